The summed E-state index contributed by atoms with van der Waals surface area (Å²) < 4.78 is 6.74. The van der Waals surface area contributed by atoms with Crippen LogP contribution in [0.4, 0.5) is 0 Å². The lowest BCUT2D eigenvalue weighted by Gasteiger charge is -2.09. The van der Waals surface area contributed by atoms with Crippen molar-refractivity contribution in [1.82, 2.24) is 15.0 Å². The maximum atomic E-state index is 6.74. The van der Waals surface area contributed by atoms with Gasteiger partial charge < -0.3 is 4.42 Å². The van der Waals surface area contributed by atoms with Crippen LogP contribution in [0.3, 0.4) is 0 Å². The standard InChI is InChI=1S/C41H25N3O/c1-3-12-27(13-4-1)39-42-40(28-14-5-2-6-15-28)44-41(43-39)32-21-22-34-36(25-32)45-38-33-18-10-9-17-30(33)24-35(37(34)38)31-20-19-26-11-7-8-16-29(26)23-31/h1-25H. The Morgan fingerprint density at radius 3 is 1.67 bits per heavy atom. The third-order valence-electron chi connectivity index (χ3n) is 8.48. The van der Waals surface area contributed by atoms with Crippen LogP contribution in [0.2, 0.25) is 0 Å². The van der Waals surface area contributed by atoms with E-state index >= 15 is 0 Å². The van der Waals surface area contributed by atoms with Crippen LogP contribution >= 0.6 is 0 Å². The largest absolute Gasteiger partial charge is 0.455 e. The summed E-state index contributed by atoms with van der Waals surface area (Å²) in [7, 11) is 0. The highest BCUT2D eigenvalue weighted by Crippen LogP contribution is 2.42. The molecule has 9 aromatic rings. The lowest BCUT2D eigenvalue weighted by molar-refractivity contribution is 0.673. The zero-order valence-corrected chi connectivity index (χ0v) is 24.2. The van der Waals surface area contributed by atoms with Crippen molar-refractivity contribution in [1.29, 1.82) is 0 Å². The van der Waals surface area contributed by atoms with E-state index in [0.29, 0.717) is 17.5 Å². The molecule has 0 spiro atoms. The first-order chi connectivity index (χ1) is 22.3. The Morgan fingerprint density at radius 2 is 0.956 bits per heavy atom. The van der Waals surface area contributed by atoms with Gasteiger partial charge in [-0.05, 0) is 51.6 Å². The van der Waals surface area contributed by atoms with Crippen molar-refractivity contribution in [2.45, 2.75) is 0 Å². The Hall–Kier alpha value is -6.13. The molecule has 0 aliphatic carbocycles. The van der Waals surface area contributed by atoms with Crippen LogP contribution in [0.25, 0.3) is 88.8 Å². The maximum absolute atomic E-state index is 6.74. The number of rotatable bonds is 4. The Labute approximate surface area is 259 Å². The third kappa shape index (κ3) is 4.35. The number of aromatic nitrogens is 3. The molecule has 4 heteroatoms. The molecule has 0 N–H and O–H groups in total. The summed E-state index contributed by atoms with van der Waals surface area (Å²) in [6.45, 7) is 0. The van der Waals surface area contributed by atoms with Gasteiger partial charge >= 0.3 is 0 Å². The number of furan rings is 1. The molecule has 0 radical (unpaired) electrons. The fourth-order valence-corrected chi connectivity index (χ4v) is 6.27. The summed E-state index contributed by atoms with van der Waals surface area (Å²) in [4.78, 5) is 14.7. The van der Waals surface area contributed by atoms with Crippen LogP contribution in [0.1, 0.15) is 0 Å². The molecule has 0 atom stereocenters. The van der Waals surface area contributed by atoms with Gasteiger partial charge in [-0.25, -0.2) is 15.0 Å². The molecule has 0 unspecified atom stereocenters. The molecule has 0 aliphatic rings. The van der Waals surface area contributed by atoms with Crippen LogP contribution in [-0.2, 0) is 0 Å². The van der Waals surface area contributed by atoms with E-state index in [9.17, 15) is 0 Å². The molecular formula is C41H25N3O. The smallest absolute Gasteiger partial charge is 0.164 e. The van der Waals surface area contributed by atoms with Crippen molar-refractivity contribution in [2.24, 2.45) is 0 Å². The van der Waals surface area contributed by atoms with Gasteiger partial charge in [0.05, 0.1) is 0 Å². The van der Waals surface area contributed by atoms with Gasteiger partial charge in [-0.15, -0.1) is 0 Å². The normalized spacial score (nSPS) is 11.6. The molecule has 2 heterocycles. The van der Waals surface area contributed by atoms with Gasteiger partial charge in [0, 0.05) is 32.8 Å². The monoisotopic (exact) mass is 575 g/mol. The minimum atomic E-state index is 0.602. The molecule has 45 heavy (non-hydrogen) atoms. The van der Waals surface area contributed by atoms with Crippen LogP contribution in [0.15, 0.2) is 156 Å². The SMILES string of the molecule is c1ccc(-c2nc(-c3ccccc3)nc(-c3ccc4c(c3)oc3c5ccccc5cc(-c5ccc6ccccc6c5)c43)n2)cc1. The highest BCUT2D eigenvalue weighted by Gasteiger charge is 2.19. The van der Waals surface area contributed by atoms with Gasteiger partial charge in [0.2, 0.25) is 0 Å². The van der Waals surface area contributed by atoms with E-state index in [1.54, 1.807) is 0 Å². The molecule has 0 aliphatic heterocycles. The second-order valence-electron chi connectivity index (χ2n) is 11.3. The lowest BCUT2D eigenvalue weighted by atomic mass is 9.94. The van der Waals surface area contributed by atoms with Gasteiger partial charge in [-0.1, -0.05) is 127 Å². The molecular weight excluding hydrogens is 550 g/mol. The summed E-state index contributed by atoms with van der Waals surface area (Å²) in [5.41, 5.74) is 6.74. The summed E-state index contributed by atoms with van der Waals surface area (Å²) in [6.07, 6.45) is 0. The predicted molar refractivity (Wildman–Crippen MR) is 184 cm³/mol. The van der Waals surface area contributed by atoms with Gasteiger partial charge in [-0.3, -0.25) is 0 Å². The third-order valence-corrected chi connectivity index (χ3v) is 8.48. The van der Waals surface area contributed by atoms with E-state index in [-0.39, 0.29) is 0 Å². The number of hydrogen-bond acceptors (Lipinski definition) is 4. The highest BCUT2D eigenvalue weighted by atomic mass is 16.3. The van der Waals surface area contributed by atoms with Crippen LogP contribution in [0.5, 0.6) is 0 Å². The van der Waals surface area contributed by atoms with E-state index in [4.69, 9.17) is 19.4 Å². The highest BCUT2D eigenvalue weighted by molar-refractivity contribution is 6.21. The molecule has 0 saturated heterocycles. The quantitative estimate of drug-likeness (QED) is 0.209. The first-order valence-electron chi connectivity index (χ1n) is 15.0. The minimum Gasteiger partial charge on any atom is -0.455 e. The van der Waals surface area contributed by atoms with Crippen LogP contribution in [0, 0.1) is 0 Å². The van der Waals surface area contributed by atoms with Gasteiger partial charge in [-0.2, -0.15) is 0 Å². The second kappa shape index (κ2) is 10.2. The van der Waals surface area contributed by atoms with Crippen LogP contribution < -0.4 is 0 Å². The average molecular weight is 576 g/mol. The predicted octanol–water partition coefficient (Wildman–Crippen LogP) is 10.7. The molecule has 0 saturated carbocycles. The Kier molecular flexibility index (Phi) is 5.78. The Bertz CT molecular complexity index is 2480. The average Bonchev–Trinajstić information content (AvgIpc) is 3.51. The molecule has 2 aromatic heterocycles. The van der Waals surface area contributed by atoms with Gasteiger partial charge in [0.15, 0.2) is 17.5 Å². The fraction of sp³-hybridized carbons (Fsp3) is 0. The van der Waals surface area contributed by atoms with Crippen molar-refractivity contribution in [3.05, 3.63) is 152 Å². The molecule has 0 fully saturated rings. The topological polar surface area (TPSA) is 51.8 Å². The van der Waals surface area contributed by atoms with Crippen molar-refractivity contribution in [3.8, 4) is 45.3 Å². The molecule has 0 amide bonds. The Morgan fingerprint density at radius 1 is 0.378 bits per heavy atom. The summed E-state index contributed by atoms with van der Waals surface area (Å²) in [6, 6.07) is 52.3. The van der Waals surface area contributed by atoms with Gasteiger partial charge in [0.25, 0.3) is 0 Å². The fourth-order valence-electron chi connectivity index (χ4n) is 6.27. The first kappa shape index (κ1) is 25.4. The van der Waals surface area contributed by atoms with Crippen molar-refractivity contribution in [3.63, 3.8) is 0 Å². The van der Waals surface area contributed by atoms with Crippen molar-refractivity contribution < 1.29 is 4.42 Å². The van der Waals surface area contributed by atoms with Crippen molar-refractivity contribution >= 4 is 43.5 Å². The van der Waals surface area contributed by atoms with Crippen LogP contribution in [-0.4, -0.2) is 15.0 Å². The van der Waals surface area contributed by atoms with Gasteiger partial charge in [0.1, 0.15) is 11.2 Å². The zero-order valence-electron chi connectivity index (χ0n) is 24.2. The number of benzene rings is 7. The first-order valence-corrected chi connectivity index (χ1v) is 15.0. The molecule has 0 bridgehead atoms. The summed E-state index contributed by atoms with van der Waals surface area (Å²) in [5.74, 6) is 1.87. The molecule has 7 aromatic carbocycles. The van der Waals surface area contributed by atoms with E-state index < -0.39 is 0 Å². The number of fused-ring (bicyclic) bond motifs is 6. The number of hydrogen-bond donors (Lipinski definition) is 0. The zero-order chi connectivity index (χ0) is 29.7. The van der Waals surface area contributed by atoms with E-state index in [1.807, 2.05) is 60.7 Å². The molecule has 9 rings (SSSR count). The van der Waals surface area contributed by atoms with E-state index in [0.717, 1.165) is 60.5 Å². The molecule has 4 nitrogen and oxygen atoms in total. The summed E-state index contributed by atoms with van der Waals surface area (Å²) in [5, 5.41) is 6.84. The Balaban J connectivity index is 1.27. The lowest BCUT2D eigenvalue weighted by Crippen LogP contribution is -2.00. The second-order valence-corrected chi connectivity index (χ2v) is 11.3. The maximum Gasteiger partial charge on any atom is 0.164 e. The summed E-state index contributed by atoms with van der Waals surface area (Å²) >= 11 is 0. The minimum absolute atomic E-state index is 0.602. The van der Waals surface area contributed by atoms with E-state index in [2.05, 4.69) is 91.0 Å². The van der Waals surface area contributed by atoms with E-state index in [1.165, 1.54) is 10.8 Å². The van der Waals surface area contributed by atoms with Crippen molar-refractivity contribution in [2.75, 3.05) is 0 Å². The number of nitrogens with zero attached hydrogens (tertiary/aromatic N) is 3. The molecule has 210 valence electrons.